The Morgan fingerprint density at radius 2 is 1.00 bits per heavy atom. The van der Waals surface area contributed by atoms with Gasteiger partial charge in [-0.05, 0) is 49.3 Å². The van der Waals surface area contributed by atoms with Crippen LogP contribution in [0.25, 0.3) is 0 Å². The number of rotatable bonds is 17. The zero-order valence-corrected chi connectivity index (χ0v) is 25.6. The Hall–Kier alpha value is 1.98. The van der Waals surface area contributed by atoms with Crippen LogP contribution in [0.4, 0.5) is 0 Å². The smallest absolute Gasteiger partial charge is 0.0717 e. The normalized spacial score (nSPS) is 17.0. The third kappa shape index (κ3) is 11.1. The predicted molar refractivity (Wildman–Crippen MR) is 164 cm³/mol. The van der Waals surface area contributed by atoms with Crippen LogP contribution >= 0.6 is 94.1 Å². The van der Waals surface area contributed by atoms with Crippen molar-refractivity contribution in [1.82, 2.24) is 0 Å². The molecule has 0 unspecified atom stereocenters. The zero-order valence-electron chi connectivity index (χ0n) is 19.0. The molecule has 2 N–H and O–H groups in total. The Balaban J connectivity index is 1.96. The van der Waals surface area contributed by atoms with E-state index in [2.05, 4.69) is 43.6 Å². The van der Waals surface area contributed by atoms with Crippen molar-refractivity contribution in [2.24, 2.45) is 5.73 Å². The van der Waals surface area contributed by atoms with Gasteiger partial charge in [-0.25, -0.2) is 0 Å². The Morgan fingerprint density at radius 3 is 1.42 bits per heavy atom. The van der Waals surface area contributed by atoms with Gasteiger partial charge in [0.2, 0.25) is 0 Å². The molecular formula is C22H37NS8. The fraction of sp³-hybridized carbons (Fsp3) is 0.727. The molecule has 0 saturated heterocycles. The van der Waals surface area contributed by atoms with Gasteiger partial charge in [0.1, 0.15) is 0 Å². The standard InChI is InChI=1S/C22H37NS8/c1-4-6-8-10-14-25-19-20(26-15-11-9-7-5-2)31-22(30-19)21-28-17(24-3)18(29-21)27-16-12-13-23/h4-16,23H2,1-3H3. The van der Waals surface area contributed by atoms with Crippen molar-refractivity contribution < 1.29 is 0 Å². The highest BCUT2D eigenvalue weighted by atomic mass is 32.3. The Bertz CT molecular complexity index is 601. The van der Waals surface area contributed by atoms with Gasteiger partial charge in [-0.1, -0.05) is 99.4 Å². The van der Waals surface area contributed by atoms with E-state index < -0.39 is 0 Å². The van der Waals surface area contributed by atoms with E-state index in [1.807, 2.05) is 70.6 Å². The summed E-state index contributed by atoms with van der Waals surface area (Å²) >= 11 is 16.2. The van der Waals surface area contributed by atoms with Crippen molar-refractivity contribution in [2.45, 2.75) is 71.6 Å². The van der Waals surface area contributed by atoms with Crippen LogP contribution in [0.3, 0.4) is 0 Å². The highest BCUT2D eigenvalue weighted by Gasteiger charge is 2.30. The van der Waals surface area contributed by atoms with E-state index in [4.69, 9.17) is 5.73 Å². The number of nitrogens with two attached hydrogens (primary N) is 1. The van der Waals surface area contributed by atoms with E-state index in [-0.39, 0.29) is 0 Å². The first-order chi connectivity index (χ1) is 15.2. The molecule has 0 fully saturated rings. The molecule has 0 amide bonds. The highest BCUT2D eigenvalue weighted by molar-refractivity contribution is 8.45. The average Bonchev–Trinajstić information content (AvgIpc) is 3.37. The third-order valence-electron chi connectivity index (χ3n) is 4.47. The van der Waals surface area contributed by atoms with Crippen molar-refractivity contribution in [1.29, 1.82) is 0 Å². The van der Waals surface area contributed by atoms with Crippen LogP contribution in [0.5, 0.6) is 0 Å². The minimum Gasteiger partial charge on any atom is -0.330 e. The Kier molecular flexibility index (Phi) is 17.2. The van der Waals surface area contributed by atoms with Crippen LogP contribution in [0.15, 0.2) is 25.4 Å². The zero-order chi connectivity index (χ0) is 22.3. The molecule has 0 aromatic heterocycles. The van der Waals surface area contributed by atoms with Gasteiger partial charge in [-0.2, -0.15) is 0 Å². The SMILES string of the molecule is CCCCCCSC1=C(SCCCCCC)SC(=C2SC(SC)=C(SCCCN)S2)S1. The molecule has 0 saturated carbocycles. The van der Waals surface area contributed by atoms with E-state index in [9.17, 15) is 0 Å². The fourth-order valence-electron chi connectivity index (χ4n) is 2.74. The van der Waals surface area contributed by atoms with E-state index in [1.54, 1.807) is 8.47 Å². The minimum absolute atomic E-state index is 0.786. The van der Waals surface area contributed by atoms with Gasteiger partial charge in [-0.3, -0.25) is 0 Å². The van der Waals surface area contributed by atoms with Crippen LogP contribution < -0.4 is 5.73 Å². The Labute approximate surface area is 225 Å². The van der Waals surface area contributed by atoms with Crippen LogP contribution in [0.1, 0.15) is 71.6 Å². The lowest BCUT2D eigenvalue weighted by atomic mass is 10.2. The van der Waals surface area contributed by atoms with E-state index >= 15 is 0 Å². The van der Waals surface area contributed by atoms with Crippen molar-refractivity contribution >= 4 is 94.1 Å². The summed E-state index contributed by atoms with van der Waals surface area (Å²) in [5, 5.41) is 0. The molecule has 0 radical (unpaired) electrons. The van der Waals surface area contributed by atoms with Crippen molar-refractivity contribution in [2.75, 3.05) is 30.1 Å². The molecule has 0 aromatic carbocycles. The third-order valence-corrected chi connectivity index (χ3v) is 16.2. The first-order valence-electron chi connectivity index (χ1n) is 11.3. The molecule has 0 aliphatic carbocycles. The summed E-state index contributed by atoms with van der Waals surface area (Å²) in [7, 11) is 0. The molecule has 2 rings (SSSR count). The maximum absolute atomic E-state index is 5.70. The molecule has 178 valence electrons. The first-order valence-corrected chi connectivity index (χ1v) is 18.7. The van der Waals surface area contributed by atoms with Gasteiger partial charge >= 0.3 is 0 Å². The van der Waals surface area contributed by atoms with Crippen molar-refractivity contribution in [3.8, 4) is 0 Å². The minimum atomic E-state index is 0.786. The maximum atomic E-state index is 5.70. The van der Waals surface area contributed by atoms with Gasteiger partial charge < -0.3 is 5.73 Å². The van der Waals surface area contributed by atoms with Gasteiger partial charge in [0.05, 0.1) is 25.4 Å². The second-order valence-electron chi connectivity index (χ2n) is 7.15. The molecular weight excluding hydrogens is 535 g/mol. The predicted octanol–water partition coefficient (Wildman–Crippen LogP) is 10.4. The summed E-state index contributed by atoms with van der Waals surface area (Å²) in [6.45, 7) is 5.37. The second-order valence-corrected chi connectivity index (χ2v) is 16.9. The lowest BCUT2D eigenvalue weighted by Crippen LogP contribution is -1.99. The van der Waals surface area contributed by atoms with Crippen molar-refractivity contribution in [3.05, 3.63) is 25.4 Å². The molecule has 2 heterocycles. The van der Waals surface area contributed by atoms with E-state index in [0.717, 1.165) is 18.7 Å². The summed E-state index contributed by atoms with van der Waals surface area (Å²) in [6, 6.07) is 0. The highest BCUT2D eigenvalue weighted by Crippen LogP contribution is 2.66. The summed E-state index contributed by atoms with van der Waals surface area (Å²) in [4.78, 5) is 0. The average molecular weight is 572 g/mol. The quantitative estimate of drug-likeness (QED) is 0.171. The number of hydrogen-bond donors (Lipinski definition) is 1. The van der Waals surface area contributed by atoms with Crippen LogP contribution in [0, 0.1) is 0 Å². The lowest BCUT2D eigenvalue weighted by Gasteiger charge is -2.05. The van der Waals surface area contributed by atoms with Gasteiger partial charge in [0.25, 0.3) is 0 Å². The van der Waals surface area contributed by atoms with Gasteiger partial charge in [0, 0.05) is 0 Å². The van der Waals surface area contributed by atoms with Gasteiger partial charge in [-0.15, -0.1) is 47.0 Å². The molecule has 31 heavy (non-hydrogen) atoms. The Morgan fingerprint density at radius 1 is 0.581 bits per heavy atom. The summed E-state index contributed by atoms with van der Waals surface area (Å²) in [5.74, 6) is 3.66. The fourth-order valence-corrected chi connectivity index (χ4v) is 14.5. The lowest BCUT2D eigenvalue weighted by molar-refractivity contribution is 0.707. The first kappa shape index (κ1) is 29.2. The summed E-state index contributed by atoms with van der Waals surface area (Å²) < 4.78 is 9.12. The van der Waals surface area contributed by atoms with Crippen LogP contribution in [0.2, 0.25) is 0 Å². The molecule has 9 heteroatoms. The van der Waals surface area contributed by atoms with E-state index in [0.29, 0.717) is 0 Å². The molecule has 0 bridgehead atoms. The monoisotopic (exact) mass is 571 g/mol. The summed E-state index contributed by atoms with van der Waals surface area (Å²) in [5.41, 5.74) is 5.70. The number of unbranched alkanes of at least 4 members (excludes halogenated alkanes) is 6. The van der Waals surface area contributed by atoms with Crippen LogP contribution in [-0.2, 0) is 0 Å². The molecule has 1 nitrogen and oxygen atoms in total. The molecule has 0 aromatic rings. The summed E-state index contributed by atoms with van der Waals surface area (Å²) in [6.07, 6.45) is 14.1. The molecule has 0 atom stereocenters. The van der Waals surface area contributed by atoms with Crippen LogP contribution in [-0.4, -0.2) is 30.1 Å². The van der Waals surface area contributed by atoms with Gasteiger partial charge in [0.15, 0.2) is 0 Å². The largest absolute Gasteiger partial charge is 0.330 e. The topological polar surface area (TPSA) is 26.0 Å². The number of hydrogen-bond acceptors (Lipinski definition) is 9. The maximum Gasteiger partial charge on any atom is 0.0717 e. The molecule has 2 aliphatic rings. The van der Waals surface area contributed by atoms with Crippen molar-refractivity contribution in [3.63, 3.8) is 0 Å². The number of thioether (sulfide) groups is 8. The van der Waals surface area contributed by atoms with E-state index in [1.165, 1.54) is 79.8 Å². The molecule has 2 aliphatic heterocycles. The molecule has 0 spiro atoms. The second kappa shape index (κ2) is 18.3.